The van der Waals surface area contributed by atoms with E-state index >= 15 is 0 Å². The number of likely N-dealkylation sites (tertiary alicyclic amines) is 1. The first kappa shape index (κ1) is 22.0. The van der Waals surface area contributed by atoms with Crippen molar-refractivity contribution in [3.05, 3.63) is 0 Å². The highest BCUT2D eigenvalue weighted by Gasteiger charge is 2.25. The first-order valence-electron chi connectivity index (χ1n) is 9.68. The smallest absolute Gasteiger partial charge is 0.191 e. The number of nitrogens with zero attached hydrogens (tertiary/aromatic N) is 2. The van der Waals surface area contributed by atoms with Crippen molar-refractivity contribution in [2.24, 2.45) is 10.9 Å². The van der Waals surface area contributed by atoms with Gasteiger partial charge in [-0.05, 0) is 45.6 Å². The molecule has 1 saturated carbocycles. The van der Waals surface area contributed by atoms with Gasteiger partial charge in [0, 0.05) is 38.1 Å². The first-order chi connectivity index (χ1) is 11.2. The Labute approximate surface area is 165 Å². The molecule has 0 spiro atoms. The second kappa shape index (κ2) is 12.3. The summed E-state index contributed by atoms with van der Waals surface area (Å²) < 4.78 is 0. The average Bonchev–Trinajstić information content (AvgIpc) is 2.98. The zero-order valence-corrected chi connectivity index (χ0v) is 17.8. The molecule has 142 valence electrons. The maximum Gasteiger partial charge on any atom is 0.191 e. The molecule has 0 aromatic rings. The molecule has 0 bridgehead atoms. The number of halogens is 1. The maximum atomic E-state index is 9.92. The highest BCUT2D eigenvalue weighted by Crippen LogP contribution is 2.25. The van der Waals surface area contributed by atoms with E-state index in [9.17, 15) is 5.11 Å². The average molecular weight is 452 g/mol. The lowest BCUT2D eigenvalue weighted by atomic mass is 10.0. The number of aliphatic hydroxyl groups is 1. The van der Waals surface area contributed by atoms with Crippen LogP contribution >= 0.6 is 24.0 Å². The van der Waals surface area contributed by atoms with Crippen LogP contribution in [0.15, 0.2) is 4.99 Å². The molecule has 1 saturated heterocycles. The highest BCUT2D eigenvalue weighted by atomic mass is 127. The third-order valence-electron chi connectivity index (χ3n) is 5.36. The van der Waals surface area contributed by atoms with Crippen molar-refractivity contribution in [3.63, 3.8) is 0 Å². The molecule has 1 heterocycles. The van der Waals surface area contributed by atoms with E-state index in [2.05, 4.69) is 34.4 Å². The van der Waals surface area contributed by atoms with Gasteiger partial charge in [0.2, 0.25) is 0 Å². The van der Waals surface area contributed by atoms with Gasteiger partial charge in [0.25, 0.3) is 0 Å². The number of hydrogen-bond donors (Lipinski definition) is 3. The van der Waals surface area contributed by atoms with Crippen molar-refractivity contribution in [3.8, 4) is 0 Å². The summed E-state index contributed by atoms with van der Waals surface area (Å²) in [5.74, 6) is 1.24. The van der Waals surface area contributed by atoms with Crippen molar-refractivity contribution < 1.29 is 5.11 Å². The third-order valence-corrected chi connectivity index (χ3v) is 5.36. The van der Waals surface area contributed by atoms with Crippen molar-refractivity contribution in [1.29, 1.82) is 0 Å². The molecule has 2 rings (SSSR count). The molecule has 3 atom stereocenters. The number of aliphatic imine (C=N–C) groups is 1. The standard InChI is InChI=1S/C18H36N4O.HI/c1-3-16-9-5-6-12-22(16)13-11-20-18(19-4-2)21-14-15-8-7-10-17(15)23;/h15-17,23H,3-14H2,1-2H3,(H2,19,20,21);1H. The Morgan fingerprint density at radius 2 is 1.96 bits per heavy atom. The van der Waals surface area contributed by atoms with Gasteiger partial charge in [-0.2, -0.15) is 0 Å². The summed E-state index contributed by atoms with van der Waals surface area (Å²) in [7, 11) is 0. The molecule has 0 amide bonds. The van der Waals surface area contributed by atoms with E-state index in [0.29, 0.717) is 5.92 Å². The molecule has 0 radical (unpaired) electrons. The molecule has 2 fully saturated rings. The summed E-state index contributed by atoms with van der Waals surface area (Å²) in [6.07, 6.45) is 8.37. The number of nitrogens with one attached hydrogen (secondary N) is 2. The van der Waals surface area contributed by atoms with Crippen LogP contribution in [-0.2, 0) is 0 Å². The van der Waals surface area contributed by atoms with Crippen molar-refractivity contribution in [1.82, 2.24) is 15.5 Å². The summed E-state index contributed by atoms with van der Waals surface area (Å²) in [5, 5.41) is 16.7. The lowest BCUT2D eigenvalue weighted by molar-refractivity contribution is 0.136. The van der Waals surface area contributed by atoms with Crippen LogP contribution in [-0.4, -0.2) is 60.8 Å². The summed E-state index contributed by atoms with van der Waals surface area (Å²) >= 11 is 0. The molecule has 3 unspecified atom stereocenters. The van der Waals surface area contributed by atoms with E-state index < -0.39 is 0 Å². The summed E-state index contributed by atoms with van der Waals surface area (Å²) in [6.45, 7) is 9.28. The van der Waals surface area contributed by atoms with Gasteiger partial charge >= 0.3 is 0 Å². The van der Waals surface area contributed by atoms with Crippen LogP contribution in [0.3, 0.4) is 0 Å². The fourth-order valence-electron chi connectivity index (χ4n) is 3.92. The Bertz CT molecular complexity index is 367. The summed E-state index contributed by atoms with van der Waals surface area (Å²) in [4.78, 5) is 7.31. The minimum Gasteiger partial charge on any atom is -0.393 e. The van der Waals surface area contributed by atoms with Gasteiger partial charge in [0.15, 0.2) is 5.96 Å². The van der Waals surface area contributed by atoms with Crippen LogP contribution < -0.4 is 10.6 Å². The Morgan fingerprint density at radius 1 is 1.12 bits per heavy atom. The second-order valence-electron chi connectivity index (χ2n) is 7.00. The summed E-state index contributed by atoms with van der Waals surface area (Å²) in [5.41, 5.74) is 0. The predicted octanol–water partition coefficient (Wildman–Crippen LogP) is 2.59. The largest absolute Gasteiger partial charge is 0.393 e. The Morgan fingerprint density at radius 3 is 2.62 bits per heavy atom. The fraction of sp³-hybridized carbons (Fsp3) is 0.944. The molecule has 1 aliphatic carbocycles. The number of piperidine rings is 1. The zero-order chi connectivity index (χ0) is 16.5. The van der Waals surface area contributed by atoms with Crippen LogP contribution in [0.5, 0.6) is 0 Å². The summed E-state index contributed by atoms with van der Waals surface area (Å²) in [6, 6.07) is 0.763. The molecule has 3 N–H and O–H groups in total. The van der Waals surface area contributed by atoms with Gasteiger partial charge in [-0.15, -0.1) is 24.0 Å². The van der Waals surface area contributed by atoms with Crippen molar-refractivity contribution >= 4 is 29.9 Å². The topological polar surface area (TPSA) is 59.9 Å². The molecule has 2 aliphatic rings. The number of hydrogen-bond acceptors (Lipinski definition) is 3. The monoisotopic (exact) mass is 452 g/mol. The van der Waals surface area contributed by atoms with E-state index in [1.54, 1.807) is 0 Å². The lowest BCUT2D eigenvalue weighted by Crippen LogP contribution is -2.46. The molecule has 0 aromatic heterocycles. The van der Waals surface area contributed by atoms with Crippen molar-refractivity contribution in [2.45, 2.75) is 70.9 Å². The minimum absolute atomic E-state index is 0. The number of aliphatic hydroxyl groups excluding tert-OH is 1. The van der Waals surface area contributed by atoms with Gasteiger partial charge in [0.1, 0.15) is 0 Å². The highest BCUT2D eigenvalue weighted by molar-refractivity contribution is 14.0. The van der Waals surface area contributed by atoms with E-state index in [0.717, 1.165) is 57.4 Å². The van der Waals surface area contributed by atoms with Crippen LogP contribution in [0.1, 0.15) is 58.8 Å². The van der Waals surface area contributed by atoms with Gasteiger partial charge in [-0.3, -0.25) is 9.89 Å². The van der Waals surface area contributed by atoms with E-state index in [1.807, 2.05) is 0 Å². The zero-order valence-electron chi connectivity index (χ0n) is 15.5. The Balaban J connectivity index is 0.00000288. The second-order valence-corrected chi connectivity index (χ2v) is 7.00. The van der Waals surface area contributed by atoms with Gasteiger partial charge in [0.05, 0.1) is 6.10 Å². The van der Waals surface area contributed by atoms with E-state index in [-0.39, 0.29) is 30.1 Å². The van der Waals surface area contributed by atoms with E-state index in [1.165, 1.54) is 32.2 Å². The molecule has 24 heavy (non-hydrogen) atoms. The van der Waals surface area contributed by atoms with E-state index in [4.69, 9.17) is 0 Å². The number of guanidine groups is 1. The molecule has 6 heteroatoms. The molecule has 0 aromatic carbocycles. The quantitative estimate of drug-likeness (QED) is 0.316. The fourth-order valence-corrected chi connectivity index (χ4v) is 3.92. The molecule has 1 aliphatic heterocycles. The van der Waals surface area contributed by atoms with Gasteiger partial charge in [-0.1, -0.05) is 19.8 Å². The molecule has 5 nitrogen and oxygen atoms in total. The predicted molar refractivity (Wildman–Crippen MR) is 112 cm³/mol. The van der Waals surface area contributed by atoms with Gasteiger partial charge in [-0.25, -0.2) is 0 Å². The third kappa shape index (κ3) is 7.04. The van der Waals surface area contributed by atoms with Crippen LogP contribution in [0.25, 0.3) is 0 Å². The Hall–Kier alpha value is -0.0800. The van der Waals surface area contributed by atoms with Crippen LogP contribution in [0.4, 0.5) is 0 Å². The SMILES string of the molecule is CCNC(=NCC1CCCC1O)NCCN1CCCCC1CC.I. The molecular weight excluding hydrogens is 415 g/mol. The Kier molecular flexibility index (Phi) is 11.3. The minimum atomic E-state index is -0.153. The lowest BCUT2D eigenvalue weighted by Gasteiger charge is -2.35. The van der Waals surface area contributed by atoms with Crippen LogP contribution in [0.2, 0.25) is 0 Å². The van der Waals surface area contributed by atoms with Gasteiger partial charge < -0.3 is 15.7 Å². The molecular formula is C18H37IN4O. The normalized spacial score (nSPS) is 28.5. The first-order valence-corrected chi connectivity index (χ1v) is 9.68. The maximum absolute atomic E-state index is 9.92. The van der Waals surface area contributed by atoms with Crippen LogP contribution in [0, 0.1) is 5.92 Å². The van der Waals surface area contributed by atoms with Crippen molar-refractivity contribution in [2.75, 3.05) is 32.7 Å². The number of rotatable bonds is 7.